The number of aromatic amines is 1. The van der Waals surface area contributed by atoms with Crippen molar-refractivity contribution in [2.24, 2.45) is 4.99 Å². The Bertz CT molecular complexity index is 886. The number of nitrogens with zero attached hydrogens (tertiary/aromatic N) is 4. The van der Waals surface area contributed by atoms with E-state index in [1.165, 1.54) is 5.56 Å². The first-order valence-corrected chi connectivity index (χ1v) is 11.0. The molecule has 8 nitrogen and oxygen atoms in total. The lowest BCUT2D eigenvalue weighted by Crippen LogP contribution is -2.48. The molecule has 4 heterocycles. The fraction of sp³-hybridized carbons (Fsp3) is 0.450. The summed E-state index contributed by atoms with van der Waals surface area (Å²) in [6.07, 6.45) is 3.83. The van der Waals surface area contributed by atoms with Gasteiger partial charge in [-0.1, -0.05) is 0 Å². The molecule has 3 aromatic heterocycles. The molecule has 0 bridgehead atoms. The zero-order valence-corrected chi connectivity index (χ0v) is 20.2. The van der Waals surface area contributed by atoms with Crippen LogP contribution in [0.5, 0.6) is 0 Å². The summed E-state index contributed by atoms with van der Waals surface area (Å²) >= 11 is 1.77. The fourth-order valence-corrected chi connectivity index (χ4v) is 4.09. The largest absolute Gasteiger partial charge is 0.461 e. The minimum atomic E-state index is 0. The van der Waals surface area contributed by atoms with Gasteiger partial charge in [-0.15, -0.1) is 29.1 Å². The number of H-pyrrole nitrogens is 1. The van der Waals surface area contributed by atoms with E-state index in [9.17, 15) is 0 Å². The van der Waals surface area contributed by atoms with Gasteiger partial charge in [0.2, 0.25) is 5.82 Å². The lowest BCUT2D eigenvalue weighted by molar-refractivity contribution is 0.198. The summed E-state index contributed by atoms with van der Waals surface area (Å²) in [5.41, 5.74) is 1.41. The number of rotatable bonds is 7. The topological polar surface area (TPSA) is 94.4 Å². The van der Waals surface area contributed by atoms with Crippen molar-refractivity contribution in [1.29, 1.82) is 0 Å². The number of thiophene rings is 1. The smallest absolute Gasteiger partial charge is 0.216 e. The Hall–Kier alpha value is -1.92. The Balaban J connectivity index is 0.00000256. The molecule has 3 aromatic rings. The van der Waals surface area contributed by atoms with Crippen LogP contribution < -0.4 is 10.6 Å². The second-order valence-electron chi connectivity index (χ2n) is 7.10. The predicted octanol–water partition coefficient (Wildman–Crippen LogP) is 3.46. The quantitative estimate of drug-likeness (QED) is 0.241. The summed E-state index contributed by atoms with van der Waals surface area (Å²) in [4.78, 5) is 11.6. The van der Waals surface area contributed by atoms with Crippen LogP contribution in [0.25, 0.3) is 11.6 Å². The average Bonchev–Trinajstić information content (AvgIpc) is 3.50. The van der Waals surface area contributed by atoms with Gasteiger partial charge in [0.15, 0.2) is 11.7 Å². The molecule has 1 aliphatic heterocycles. The van der Waals surface area contributed by atoms with Crippen molar-refractivity contribution in [1.82, 2.24) is 30.7 Å². The first-order valence-electron chi connectivity index (χ1n) is 10.0. The van der Waals surface area contributed by atoms with Crippen molar-refractivity contribution in [3.63, 3.8) is 0 Å². The number of aliphatic imine (C=N–C) groups is 1. The number of furan rings is 1. The Morgan fingerprint density at radius 3 is 2.93 bits per heavy atom. The number of guanidine groups is 1. The van der Waals surface area contributed by atoms with Gasteiger partial charge < -0.3 is 15.1 Å². The van der Waals surface area contributed by atoms with Gasteiger partial charge in [0.05, 0.1) is 6.26 Å². The maximum atomic E-state index is 5.33. The van der Waals surface area contributed by atoms with E-state index in [2.05, 4.69) is 59.5 Å². The van der Waals surface area contributed by atoms with E-state index in [4.69, 9.17) is 4.42 Å². The molecule has 1 aliphatic rings. The van der Waals surface area contributed by atoms with Crippen molar-refractivity contribution in [2.45, 2.75) is 38.9 Å². The standard InChI is InChI=1S/C20H27N7OS.HI/c1-2-21-20(22-12-18-24-19(26-25-18)17-4-3-10-28-17)23-16-5-8-27(9-6-16)13-15-7-11-29-14-15;/h3-4,7,10-11,14,16H,2,5-6,8-9,12-13H2,1H3,(H2,21,22,23)(H,24,25,26);1H. The van der Waals surface area contributed by atoms with Crippen molar-refractivity contribution >= 4 is 41.3 Å². The van der Waals surface area contributed by atoms with Gasteiger partial charge in [-0.2, -0.15) is 11.3 Å². The Kier molecular flexibility index (Phi) is 8.70. The van der Waals surface area contributed by atoms with Crippen LogP contribution in [0, 0.1) is 0 Å². The van der Waals surface area contributed by atoms with Gasteiger partial charge in [0.25, 0.3) is 0 Å². The van der Waals surface area contributed by atoms with Crippen molar-refractivity contribution in [3.8, 4) is 11.6 Å². The third kappa shape index (κ3) is 6.29. The highest BCUT2D eigenvalue weighted by Crippen LogP contribution is 2.16. The predicted molar refractivity (Wildman–Crippen MR) is 130 cm³/mol. The molecule has 10 heteroatoms. The van der Waals surface area contributed by atoms with Gasteiger partial charge in [-0.05, 0) is 54.3 Å². The Labute approximate surface area is 197 Å². The zero-order chi connectivity index (χ0) is 19.9. The van der Waals surface area contributed by atoms with Crippen LogP contribution in [0.2, 0.25) is 0 Å². The van der Waals surface area contributed by atoms with Crippen LogP contribution >= 0.6 is 35.3 Å². The molecular formula is C20H28IN7OS. The van der Waals surface area contributed by atoms with E-state index < -0.39 is 0 Å². The minimum Gasteiger partial charge on any atom is -0.461 e. The van der Waals surface area contributed by atoms with E-state index in [0.717, 1.165) is 45.0 Å². The van der Waals surface area contributed by atoms with Crippen molar-refractivity contribution < 1.29 is 4.42 Å². The van der Waals surface area contributed by atoms with E-state index in [1.807, 2.05) is 12.1 Å². The highest BCUT2D eigenvalue weighted by molar-refractivity contribution is 14.0. The number of hydrogen-bond donors (Lipinski definition) is 3. The fourth-order valence-electron chi connectivity index (χ4n) is 3.43. The Morgan fingerprint density at radius 1 is 1.37 bits per heavy atom. The van der Waals surface area contributed by atoms with Crippen LogP contribution in [0.3, 0.4) is 0 Å². The summed E-state index contributed by atoms with van der Waals surface area (Å²) in [7, 11) is 0. The molecule has 0 saturated carbocycles. The van der Waals surface area contributed by atoms with Gasteiger partial charge in [-0.3, -0.25) is 10.00 Å². The maximum Gasteiger partial charge on any atom is 0.216 e. The summed E-state index contributed by atoms with van der Waals surface area (Å²) in [6, 6.07) is 6.31. The highest BCUT2D eigenvalue weighted by atomic mass is 127. The van der Waals surface area contributed by atoms with Crippen LogP contribution in [-0.4, -0.2) is 51.7 Å². The molecule has 0 atom stereocenters. The molecular weight excluding hydrogens is 513 g/mol. The number of nitrogens with one attached hydrogen (secondary N) is 3. The zero-order valence-electron chi connectivity index (χ0n) is 17.0. The minimum absolute atomic E-state index is 0. The number of aromatic nitrogens is 3. The molecule has 0 radical (unpaired) electrons. The monoisotopic (exact) mass is 541 g/mol. The molecule has 30 heavy (non-hydrogen) atoms. The third-order valence-electron chi connectivity index (χ3n) is 4.92. The van der Waals surface area contributed by atoms with Crippen LogP contribution in [0.4, 0.5) is 0 Å². The first-order chi connectivity index (χ1) is 14.3. The molecule has 3 N–H and O–H groups in total. The van der Waals surface area contributed by atoms with Gasteiger partial charge >= 0.3 is 0 Å². The van der Waals surface area contributed by atoms with Gasteiger partial charge in [-0.25, -0.2) is 9.98 Å². The molecule has 162 valence electrons. The third-order valence-corrected chi connectivity index (χ3v) is 5.65. The normalized spacial score (nSPS) is 15.7. The SMILES string of the molecule is CCNC(=NCc1nc(-c2ccco2)n[nH]1)NC1CCN(Cc2ccsc2)CC1.I. The average molecular weight is 541 g/mol. The summed E-state index contributed by atoms with van der Waals surface area (Å²) in [5.74, 6) is 2.73. The van der Waals surface area contributed by atoms with E-state index in [1.54, 1.807) is 17.6 Å². The van der Waals surface area contributed by atoms with E-state index in [0.29, 0.717) is 30.0 Å². The van der Waals surface area contributed by atoms with Crippen molar-refractivity contribution in [3.05, 3.63) is 46.6 Å². The number of hydrogen-bond acceptors (Lipinski definition) is 6. The lowest BCUT2D eigenvalue weighted by atomic mass is 10.0. The lowest BCUT2D eigenvalue weighted by Gasteiger charge is -2.32. The molecule has 0 unspecified atom stereocenters. The summed E-state index contributed by atoms with van der Waals surface area (Å²) < 4.78 is 5.33. The van der Waals surface area contributed by atoms with Crippen LogP contribution in [0.15, 0.2) is 44.6 Å². The molecule has 0 aromatic carbocycles. The molecule has 4 rings (SSSR count). The van der Waals surface area contributed by atoms with Gasteiger partial charge in [0.1, 0.15) is 12.4 Å². The molecule has 0 aliphatic carbocycles. The second kappa shape index (κ2) is 11.5. The van der Waals surface area contributed by atoms with Crippen LogP contribution in [0.1, 0.15) is 31.2 Å². The number of likely N-dealkylation sites (tertiary alicyclic amines) is 1. The first kappa shape index (κ1) is 22.8. The van der Waals surface area contributed by atoms with Crippen molar-refractivity contribution in [2.75, 3.05) is 19.6 Å². The summed E-state index contributed by atoms with van der Waals surface area (Å²) in [6.45, 7) is 6.57. The molecule has 0 amide bonds. The van der Waals surface area contributed by atoms with E-state index >= 15 is 0 Å². The van der Waals surface area contributed by atoms with E-state index in [-0.39, 0.29) is 24.0 Å². The second-order valence-corrected chi connectivity index (χ2v) is 7.88. The maximum absolute atomic E-state index is 5.33. The highest BCUT2D eigenvalue weighted by Gasteiger charge is 2.20. The Morgan fingerprint density at radius 2 is 2.23 bits per heavy atom. The molecule has 0 spiro atoms. The number of halogens is 1. The van der Waals surface area contributed by atoms with Crippen LogP contribution in [-0.2, 0) is 13.1 Å². The number of piperidine rings is 1. The molecule has 1 fully saturated rings. The van der Waals surface area contributed by atoms with Gasteiger partial charge in [0, 0.05) is 32.2 Å². The summed E-state index contributed by atoms with van der Waals surface area (Å²) in [5, 5.41) is 18.4. The molecule has 1 saturated heterocycles.